The Balaban J connectivity index is 1.83. The zero-order valence-corrected chi connectivity index (χ0v) is 18.3. The van der Waals surface area contributed by atoms with Crippen molar-refractivity contribution in [1.29, 1.82) is 0 Å². The number of hydrogen-bond acceptors (Lipinski definition) is 9. The lowest BCUT2D eigenvalue weighted by Gasteiger charge is -2.23. The van der Waals surface area contributed by atoms with E-state index in [4.69, 9.17) is 9.72 Å². The van der Waals surface area contributed by atoms with Gasteiger partial charge in [0.2, 0.25) is 0 Å². The summed E-state index contributed by atoms with van der Waals surface area (Å²) in [6.45, 7) is 4.42. The van der Waals surface area contributed by atoms with Crippen LogP contribution in [0.3, 0.4) is 0 Å². The van der Waals surface area contributed by atoms with E-state index in [2.05, 4.69) is 21.8 Å². The minimum atomic E-state index is -1.21. The molecule has 0 saturated carbocycles. The first-order valence-corrected chi connectivity index (χ1v) is 11.4. The van der Waals surface area contributed by atoms with Crippen molar-refractivity contribution in [2.24, 2.45) is 0 Å². The minimum Gasteiger partial charge on any atom is -0.394 e. The second kappa shape index (κ2) is 9.49. The van der Waals surface area contributed by atoms with E-state index in [0.29, 0.717) is 28.7 Å². The van der Waals surface area contributed by atoms with E-state index in [0.717, 1.165) is 17.9 Å². The second-order valence-corrected chi connectivity index (χ2v) is 8.37. The van der Waals surface area contributed by atoms with Crippen LogP contribution in [0, 0.1) is 0 Å². The molecule has 1 aliphatic rings. The number of para-hydroxylation sites is 1. The van der Waals surface area contributed by atoms with E-state index in [-0.39, 0.29) is 0 Å². The van der Waals surface area contributed by atoms with E-state index in [1.54, 1.807) is 16.3 Å². The van der Waals surface area contributed by atoms with Crippen LogP contribution in [0.4, 0.5) is 11.5 Å². The van der Waals surface area contributed by atoms with E-state index < -0.39 is 31.1 Å². The van der Waals surface area contributed by atoms with Crippen LogP contribution in [0.15, 0.2) is 41.8 Å². The quantitative estimate of drug-likeness (QED) is 0.354. The SMILES string of the molecule is CCCSc1nc(N(CC)c2ccccc2)c2ncn([C@@H]3O[C@H](CO)[C@@H](O)[C@H]3O)c2n1. The third-order valence-corrected chi connectivity index (χ3v) is 6.30. The molecule has 2 aromatic heterocycles. The molecule has 4 rings (SSSR count). The van der Waals surface area contributed by atoms with Gasteiger partial charge < -0.3 is 25.0 Å². The molecule has 0 spiro atoms. The van der Waals surface area contributed by atoms with Crippen LogP contribution < -0.4 is 4.90 Å². The first-order chi connectivity index (χ1) is 15.1. The van der Waals surface area contributed by atoms with Crippen LogP contribution in [-0.2, 0) is 4.74 Å². The van der Waals surface area contributed by atoms with Crippen molar-refractivity contribution >= 4 is 34.4 Å². The van der Waals surface area contributed by atoms with Gasteiger partial charge in [-0.2, -0.15) is 0 Å². The molecule has 4 atom stereocenters. The van der Waals surface area contributed by atoms with Crippen molar-refractivity contribution in [3.63, 3.8) is 0 Å². The maximum atomic E-state index is 10.5. The third kappa shape index (κ3) is 4.13. The highest BCUT2D eigenvalue weighted by Gasteiger charge is 2.44. The Labute approximate surface area is 184 Å². The predicted octanol–water partition coefficient (Wildman–Crippen LogP) is 2.10. The van der Waals surface area contributed by atoms with Gasteiger partial charge in [0.05, 0.1) is 12.9 Å². The summed E-state index contributed by atoms with van der Waals surface area (Å²) in [6, 6.07) is 9.94. The number of nitrogens with zero attached hydrogens (tertiary/aromatic N) is 5. The van der Waals surface area contributed by atoms with Gasteiger partial charge in [-0.15, -0.1) is 0 Å². The number of fused-ring (bicyclic) bond motifs is 1. The number of thioether (sulfide) groups is 1. The molecule has 1 aliphatic heterocycles. The van der Waals surface area contributed by atoms with Crippen LogP contribution in [0.1, 0.15) is 26.5 Å². The summed E-state index contributed by atoms with van der Waals surface area (Å²) >= 11 is 1.55. The summed E-state index contributed by atoms with van der Waals surface area (Å²) < 4.78 is 7.32. The average Bonchev–Trinajstić information content (AvgIpc) is 3.34. The highest BCUT2D eigenvalue weighted by Crippen LogP contribution is 2.35. The lowest BCUT2D eigenvalue weighted by Crippen LogP contribution is -2.33. The number of anilines is 2. The first-order valence-electron chi connectivity index (χ1n) is 10.4. The molecule has 1 aromatic carbocycles. The summed E-state index contributed by atoms with van der Waals surface area (Å²) in [6.07, 6.45) is -1.67. The molecular weight excluding hydrogens is 418 g/mol. The number of rotatable bonds is 8. The number of imidazole rings is 1. The minimum absolute atomic E-state index is 0.392. The summed E-state index contributed by atoms with van der Waals surface area (Å²) in [4.78, 5) is 16.1. The fourth-order valence-electron chi connectivity index (χ4n) is 3.69. The molecule has 10 heteroatoms. The van der Waals surface area contributed by atoms with Gasteiger partial charge in [-0.3, -0.25) is 4.57 Å². The number of aliphatic hydroxyl groups excluding tert-OH is 3. The standard InChI is InChI=1S/C21H27N5O4S/c1-3-10-31-21-23-18(25(4-2)13-8-6-5-7-9-13)15-19(24-21)26(12-22-15)20-17(29)16(28)14(11-27)30-20/h5-9,12,14,16-17,20,27-29H,3-4,10-11H2,1-2H3/t14-,16-,17-,20-/m1/s1. The molecule has 1 saturated heterocycles. The summed E-state index contributed by atoms with van der Waals surface area (Å²) in [7, 11) is 0. The van der Waals surface area contributed by atoms with E-state index in [1.165, 1.54) is 6.33 Å². The maximum absolute atomic E-state index is 10.5. The Morgan fingerprint density at radius 2 is 1.90 bits per heavy atom. The summed E-state index contributed by atoms with van der Waals surface area (Å²) in [5.41, 5.74) is 2.07. The monoisotopic (exact) mass is 445 g/mol. The van der Waals surface area contributed by atoms with Crippen LogP contribution in [0.5, 0.6) is 0 Å². The van der Waals surface area contributed by atoms with E-state index >= 15 is 0 Å². The van der Waals surface area contributed by atoms with Crippen molar-refractivity contribution in [2.75, 3.05) is 23.8 Å². The van der Waals surface area contributed by atoms with Crippen molar-refractivity contribution in [1.82, 2.24) is 19.5 Å². The fraction of sp³-hybridized carbons (Fsp3) is 0.476. The zero-order chi connectivity index (χ0) is 22.0. The van der Waals surface area contributed by atoms with Crippen LogP contribution in [0.2, 0.25) is 0 Å². The molecule has 9 nitrogen and oxygen atoms in total. The van der Waals surface area contributed by atoms with Gasteiger partial charge in [0.15, 0.2) is 28.4 Å². The predicted molar refractivity (Wildman–Crippen MR) is 118 cm³/mol. The fourth-order valence-corrected chi connectivity index (χ4v) is 4.38. The molecule has 3 aromatic rings. The third-order valence-electron chi connectivity index (χ3n) is 5.25. The number of aromatic nitrogens is 4. The van der Waals surface area contributed by atoms with Crippen molar-refractivity contribution in [2.45, 2.75) is 50.0 Å². The van der Waals surface area contributed by atoms with Gasteiger partial charge in [0, 0.05) is 18.0 Å². The molecule has 0 unspecified atom stereocenters. The Morgan fingerprint density at radius 1 is 1.13 bits per heavy atom. The Morgan fingerprint density at radius 3 is 2.55 bits per heavy atom. The lowest BCUT2D eigenvalue weighted by atomic mass is 10.1. The molecule has 0 bridgehead atoms. The summed E-state index contributed by atoms with van der Waals surface area (Å²) in [5, 5.41) is 30.7. The van der Waals surface area contributed by atoms with Crippen LogP contribution in [0.25, 0.3) is 11.2 Å². The van der Waals surface area contributed by atoms with Gasteiger partial charge in [0.25, 0.3) is 0 Å². The highest BCUT2D eigenvalue weighted by molar-refractivity contribution is 7.99. The molecule has 0 aliphatic carbocycles. The average molecular weight is 446 g/mol. The lowest BCUT2D eigenvalue weighted by molar-refractivity contribution is -0.0511. The van der Waals surface area contributed by atoms with Gasteiger partial charge in [0.1, 0.15) is 18.3 Å². The van der Waals surface area contributed by atoms with Gasteiger partial charge >= 0.3 is 0 Å². The molecule has 31 heavy (non-hydrogen) atoms. The Kier molecular flexibility index (Phi) is 6.73. The van der Waals surface area contributed by atoms with Gasteiger partial charge in [-0.25, -0.2) is 15.0 Å². The van der Waals surface area contributed by atoms with E-state index in [1.807, 2.05) is 37.3 Å². The first kappa shape index (κ1) is 22.0. The van der Waals surface area contributed by atoms with Gasteiger partial charge in [-0.05, 0) is 25.5 Å². The van der Waals surface area contributed by atoms with Crippen molar-refractivity contribution in [3.05, 3.63) is 36.7 Å². The van der Waals surface area contributed by atoms with E-state index in [9.17, 15) is 15.3 Å². The Bertz CT molecular complexity index is 1020. The molecule has 0 amide bonds. The molecule has 166 valence electrons. The highest BCUT2D eigenvalue weighted by atomic mass is 32.2. The van der Waals surface area contributed by atoms with Crippen molar-refractivity contribution in [3.8, 4) is 0 Å². The van der Waals surface area contributed by atoms with Gasteiger partial charge in [-0.1, -0.05) is 36.9 Å². The Hall–Kier alpha value is -2.24. The summed E-state index contributed by atoms with van der Waals surface area (Å²) in [5.74, 6) is 1.53. The molecule has 1 fully saturated rings. The largest absolute Gasteiger partial charge is 0.394 e. The number of hydrogen-bond donors (Lipinski definition) is 3. The number of aliphatic hydroxyl groups is 3. The van der Waals surface area contributed by atoms with Crippen LogP contribution >= 0.6 is 11.8 Å². The smallest absolute Gasteiger partial charge is 0.191 e. The maximum Gasteiger partial charge on any atom is 0.191 e. The number of benzene rings is 1. The van der Waals surface area contributed by atoms with Crippen LogP contribution in [-0.4, -0.2) is 72.1 Å². The topological polar surface area (TPSA) is 117 Å². The molecule has 3 N–H and O–H groups in total. The molecule has 0 radical (unpaired) electrons. The zero-order valence-electron chi connectivity index (χ0n) is 17.5. The molecular formula is C21H27N5O4S. The van der Waals surface area contributed by atoms with Crippen molar-refractivity contribution < 1.29 is 20.1 Å². The molecule has 3 heterocycles. The number of ether oxygens (including phenoxy) is 1. The normalized spacial score (nSPS) is 23.5. The second-order valence-electron chi connectivity index (χ2n) is 7.31.